The predicted octanol–water partition coefficient (Wildman–Crippen LogP) is 5.13. The number of benzene rings is 2. The maximum Gasteiger partial charge on any atom is 0.0726 e. The van der Waals surface area contributed by atoms with Gasteiger partial charge in [0.2, 0.25) is 0 Å². The van der Waals surface area contributed by atoms with E-state index in [1.807, 2.05) is 24.3 Å². The number of aromatic nitrogens is 1. The van der Waals surface area contributed by atoms with Crippen LogP contribution in [-0.2, 0) is 5.88 Å². The van der Waals surface area contributed by atoms with E-state index < -0.39 is 0 Å². The van der Waals surface area contributed by atoms with Gasteiger partial charge in [-0.1, -0.05) is 36.4 Å². The lowest BCUT2D eigenvalue weighted by Gasteiger charge is -2.25. The number of para-hydroxylation sites is 2. The molecule has 106 valence electrons. The molecule has 3 rings (SSSR count). The van der Waals surface area contributed by atoms with E-state index in [1.165, 1.54) is 5.69 Å². The van der Waals surface area contributed by atoms with Crippen LogP contribution in [0.3, 0.4) is 0 Å². The third-order valence-corrected chi connectivity index (χ3v) is 3.83. The van der Waals surface area contributed by atoms with E-state index in [0.29, 0.717) is 5.88 Å². The molecule has 0 fully saturated rings. The molecule has 21 heavy (non-hydrogen) atoms. The van der Waals surface area contributed by atoms with Gasteiger partial charge in [-0.15, -0.1) is 11.6 Å². The molecule has 3 heteroatoms. The van der Waals surface area contributed by atoms with Crippen LogP contribution in [0.15, 0.2) is 60.7 Å². The molecule has 0 saturated heterocycles. The van der Waals surface area contributed by atoms with Crippen molar-refractivity contribution in [2.45, 2.75) is 12.8 Å². The molecule has 0 N–H and O–H groups in total. The van der Waals surface area contributed by atoms with Crippen molar-refractivity contribution in [1.29, 1.82) is 0 Å². The summed E-state index contributed by atoms with van der Waals surface area (Å²) in [6.07, 6.45) is 0. The molecule has 0 aliphatic heterocycles. The molecule has 0 aliphatic rings. The summed E-state index contributed by atoms with van der Waals surface area (Å²) >= 11 is 6.01. The maximum atomic E-state index is 6.01. The molecule has 3 aromatic rings. The molecule has 0 saturated carbocycles. The number of alkyl halides is 1. The van der Waals surface area contributed by atoms with Gasteiger partial charge in [0, 0.05) is 17.6 Å². The fourth-order valence-corrected chi connectivity index (χ4v) is 2.74. The first-order valence-corrected chi connectivity index (χ1v) is 7.64. The number of nitrogens with zero attached hydrogens (tertiary/aromatic N) is 2. The van der Waals surface area contributed by atoms with Gasteiger partial charge in [-0.25, -0.2) is 0 Å². The number of pyridine rings is 1. The first-order valence-electron chi connectivity index (χ1n) is 7.10. The van der Waals surface area contributed by atoms with Gasteiger partial charge >= 0.3 is 0 Å². The Morgan fingerprint density at radius 1 is 1.00 bits per heavy atom. The Kier molecular flexibility index (Phi) is 4.07. The summed E-state index contributed by atoms with van der Waals surface area (Å²) in [4.78, 5) is 6.90. The van der Waals surface area contributed by atoms with E-state index in [-0.39, 0.29) is 0 Å². The molecular formula is C18H17ClN2. The first kappa shape index (κ1) is 13.9. The second-order valence-electron chi connectivity index (χ2n) is 4.86. The molecule has 0 amide bonds. The van der Waals surface area contributed by atoms with Gasteiger partial charge < -0.3 is 4.90 Å². The molecule has 0 aliphatic carbocycles. The number of fused-ring (bicyclic) bond motifs is 1. The fraction of sp³-hybridized carbons (Fsp3) is 0.167. The Morgan fingerprint density at radius 3 is 2.43 bits per heavy atom. The van der Waals surface area contributed by atoms with Gasteiger partial charge in [0.25, 0.3) is 0 Å². The van der Waals surface area contributed by atoms with Gasteiger partial charge in [0.05, 0.1) is 22.8 Å². The Labute approximate surface area is 130 Å². The quantitative estimate of drug-likeness (QED) is 0.620. The van der Waals surface area contributed by atoms with Crippen LogP contribution in [0.4, 0.5) is 11.4 Å². The highest BCUT2D eigenvalue weighted by atomic mass is 35.5. The normalized spacial score (nSPS) is 10.8. The lowest BCUT2D eigenvalue weighted by Crippen LogP contribution is -2.16. The van der Waals surface area contributed by atoms with Crippen molar-refractivity contribution in [2.24, 2.45) is 0 Å². The van der Waals surface area contributed by atoms with Gasteiger partial charge in [-0.2, -0.15) is 0 Å². The van der Waals surface area contributed by atoms with Gasteiger partial charge in [-0.05, 0) is 31.2 Å². The van der Waals surface area contributed by atoms with Gasteiger partial charge in [0.15, 0.2) is 0 Å². The standard InChI is InChI=1S/C18H17ClN2/c1-2-21(15-8-4-3-5-9-15)18-12-14(13-19)20-17-11-7-6-10-16(17)18/h3-12H,2,13H2,1H3. The average molecular weight is 297 g/mol. The van der Waals surface area contributed by atoms with Crippen molar-refractivity contribution in [3.63, 3.8) is 0 Å². The molecule has 0 spiro atoms. The second-order valence-corrected chi connectivity index (χ2v) is 5.13. The smallest absolute Gasteiger partial charge is 0.0726 e. The average Bonchev–Trinajstić information content (AvgIpc) is 2.56. The molecule has 0 radical (unpaired) electrons. The van der Waals surface area contributed by atoms with Crippen LogP contribution < -0.4 is 4.90 Å². The van der Waals surface area contributed by atoms with Gasteiger partial charge in [0.1, 0.15) is 0 Å². The van der Waals surface area contributed by atoms with E-state index in [1.54, 1.807) is 0 Å². The molecular weight excluding hydrogens is 280 g/mol. The number of anilines is 2. The van der Waals surface area contributed by atoms with Crippen LogP contribution in [0.25, 0.3) is 10.9 Å². The van der Waals surface area contributed by atoms with Crippen molar-refractivity contribution in [3.8, 4) is 0 Å². The van der Waals surface area contributed by atoms with Crippen LogP contribution in [0, 0.1) is 0 Å². The second kappa shape index (κ2) is 6.15. The molecule has 0 atom stereocenters. The van der Waals surface area contributed by atoms with Crippen molar-refractivity contribution < 1.29 is 0 Å². The highest BCUT2D eigenvalue weighted by Crippen LogP contribution is 2.32. The summed E-state index contributed by atoms with van der Waals surface area (Å²) in [6, 6.07) is 20.7. The fourth-order valence-electron chi connectivity index (χ4n) is 2.60. The Morgan fingerprint density at radius 2 is 1.71 bits per heavy atom. The summed E-state index contributed by atoms with van der Waals surface area (Å²) in [5, 5.41) is 1.15. The minimum Gasteiger partial charge on any atom is -0.341 e. The van der Waals surface area contributed by atoms with E-state index in [2.05, 4.69) is 53.2 Å². The molecule has 1 aromatic heterocycles. The van der Waals surface area contributed by atoms with Crippen molar-refractivity contribution in [2.75, 3.05) is 11.4 Å². The number of hydrogen-bond acceptors (Lipinski definition) is 2. The monoisotopic (exact) mass is 296 g/mol. The number of halogens is 1. The topological polar surface area (TPSA) is 16.1 Å². The zero-order chi connectivity index (χ0) is 14.7. The molecule has 0 bridgehead atoms. The van der Waals surface area contributed by atoms with Crippen LogP contribution in [0.5, 0.6) is 0 Å². The highest BCUT2D eigenvalue weighted by molar-refractivity contribution is 6.17. The van der Waals surface area contributed by atoms with Crippen LogP contribution >= 0.6 is 11.6 Å². The molecule has 2 nitrogen and oxygen atoms in total. The largest absolute Gasteiger partial charge is 0.341 e. The third-order valence-electron chi connectivity index (χ3n) is 3.56. The van der Waals surface area contributed by atoms with E-state index >= 15 is 0 Å². The Balaban J connectivity index is 2.22. The Hall–Kier alpha value is -2.06. The summed E-state index contributed by atoms with van der Waals surface area (Å²) in [5.74, 6) is 0.421. The number of hydrogen-bond donors (Lipinski definition) is 0. The minimum atomic E-state index is 0.421. The summed E-state index contributed by atoms with van der Waals surface area (Å²) in [7, 11) is 0. The summed E-state index contributed by atoms with van der Waals surface area (Å²) in [6.45, 7) is 3.04. The van der Waals surface area contributed by atoms with Crippen molar-refractivity contribution in [3.05, 3.63) is 66.4 Å². The lowest BCUT2D eigenvalue weighted by atomic mass is 10.1. The maximum absolute atomic E-state index is 6.01. The van der Waals surface area contributed by atoms with E-state index in [0.717, 1.165) is 28.8 Å². The third kappa shape index (κ3) is 2.72. The summed E-state index contributed by atoms with van der Waals surface area (Å²) < 4.78 is 0. The molecule has 1 heterocycles. The first-order chi connectivity index (χ1) is 10.3. The summed E-state index contributed by atoms with van der Waals surface area (Å²) in [5.41, 5.74) is 4.22. The lowest BCUT2D eigenvalue weighted by molar-refractivity contribution is 1.02. The Bertz CT molecular complexity index is 741. The van der Waals surface area contributed by atoms with Crippen molar-refractivity contribution in [1.82, 2.24) is 4.98 Å². The van der Waals surface area contributed by atoms with Gasteiger partial charge in [-0.3, -0.25) is 4.98 Å². The van der Waals surface area contributed by atoms with Crippen molar-refractivity contribution >= 4 is 33.9 Å². The SMILES string of the molecule is CCN(c1ccccc1)c1cc(CCl)nc2ccccc12. The minimum absolute atomic E-state index is 0.421. The molecule has 2 aromatic carbocycles. The van der Waals surface area contributed by atoms with Crippen LogP contribution in [0.1, 0.15) is 12.6 Å². The van der Waals surface area contributed by atoms with E-state index in [4.69, 9.17) is 11.6 Å². The van der Waals surface area contributed by atoms with Crippen LogP contribution in [-0.4, -0.2) is 11.5 Å². The molecule has 0 unspecified atom stereocenters. The van der Waals surface area contributed by atoms with E-state index in [9.17, 15) is 0 Å². The zero-order valence-corrected chi connectivity index (χ0v) is 12.7. The van der Waals surface area contributed by atoms with Crippen LogP contribution in [0.2, 0.25) is 0 Å². The zero-order valence-electron chi connectivity index (χ0n) is 12.0. The number of rotatable bonds is 4. The predicted molar refractivity (Wildman–Crippen MR) is 90.4 cm³/mol. The highest BCUT2D eigenvalue weighted by Gasteiger charge is 2.12.